The largest absolute Gasteiger partial charge is 0.353 e. The van der Waals surface area contributed by atoms with Crippen LogP contribution in [0.2, 0.25) is 24.2 Å². The molecule has 0 spiro atoms. The maximum Gasteiger partial charge on any atom is 0.157 e. The molecule has 148 valence electrons. The summed E-state index contributed by atoms with van der Waals surface area (Å²) in [6.45, 7) is 11.1. The zero-order valence-corrected chi connectivity index (χ0v) is 19.0. The Labute approximate surface area is 161 Å². The third kappa shape index (κ3) is 17.4. The van der Waals surface area contributed by atoms with Crippen LogP contribution in [0.15, 0.2) is 0 Å². The quantitative estimate of drug-likeness (QED) is 0.170. The highest BCUT2D eigenvalue weighted by Gasteiger charge is 2.08. The van der Waals surface area contributed by atoms with Gasteiger partial charge in [0.05, 0.1) is 0 Å². The summed E-state index contributed by atoms with van der Waals surface area (Å²) in [5.74, 6) is 0. The highest BCUT2D eigenvalue weighted by Crippen LogP contribution is 2.10. The molecule has 6 heteroatoms. The van der Waals surface area contributed by atoms with E-state index < -0.39 is 0 Å². The second kappa shape index (κ2) is 20.6. The van der Waals surface area contributed by atoms with E-state index in [1.807, 2.05) is 27.7 Å². The Kier molecular flexibility index (Phi) is 20.8. The van der Waals surface area contributed by atoms with Crippen molar-refractivity contribution >= 4 is 19.0 Å². The maximum absolute atomic E-state index is 5.58. The van der Waals surface area contributed by atoms with Gasteiger partial charge in [-0.3, -0.25) is 0 Å². The topological polar surface area (TPSA) is 36.9 Å². The molecule has 0 aromatic carbocycles. The van der Waals surface area contributed by atoms with Crippen LogP contribution >= 0.6 is 0 Å². The summed E-state index contributed by atoms with van der Waals surface area (Å²) in [6.07, 6.45) is 5.94. The van der Waals surface area contributed by atoms with Crippen molar-refractivity contribution in [1.82, 2.24) is 0 Å². The van der Waals surface area contributed by atoms with Gasteiger partial charge >= 0.3 is 0 Å². The van der Waals surface area contributed by atoms with Crippen LogP contribution in [0.1, 0.15) is 59.8 Å². The monoisotopic (exact) mass is 388 g/mol. The van der Waals surface area contributed by atoms with E-state index >= 15 is 0 Å². The lowest BCUT2D eigenvalue weighted by Gasteiger charge is -2.16. The van der Waals surface area contributed by atoms with E-state index in [2.05, 4.69) is 0 Å². The van der Waals surface area contributed by atoms with Crippen molar-refractivity contribution in [2.75, 3.05) is 26.4 Å². The minimum atomic E-state index is 0.0125. The standard InChI is InChI=1S/C19H40O4Si2/c1-5-20-18(21-6-2)12-9-14-24-16-11-17-25-15-10-13-19(22-7-3)23-8-4/h18-19H,5-17H2,1-4H3. The van der Waals surface area contributed by atoms with E-state index in [-0.39, 0.29) is 12.6 Å². The molecule has 0 fully saturated rings. The SMILES string of the molecule is CCOC(CCC[Si]CCC[Si]CCCC(OCC)OCC)OCC. The molecule has 0 aromatic heterocycles. The van der Waals surface area contributed by atoms with Gasteiger partial charge in [0.15, 0.2) is 12.6 Å². The Bertz CT molecular complexity index is 222. The fourth-order valence-electron chi connectivity index (χ4n) is 2.55. The van der Waals surface area contributed by atoms with Gasteiger partial charge in [0, 0.05) is 45.5 Å². The molecule has 4 radical (unpaired) electrons. The van der Waals surface area contributed by atoms with Crippen molar-refractivity contribution in [3.8, 4) is 0 Å². The lowest BCUT2D eigenvalue weighted by Crippen LogP contribution is -2.17. The van der Waals surface area contributed by atoms with Gasteiger partial charge in [0.1, 0.15) is 0 Å². The lowest BCUT2D eigenvalue weighted by molar-refractivity contribution is -0.139. The van der Waals surface area contributed by atoms with Crippen LogP contribution in [0.3, 0.4) is 0 Å². The number of ether oxygens (including phenoxy) is 4. The Morgan fingerprint density at radius 1 is 0.520 bits per heavy atom. The third-order valence-corrected chi connectivity index (χ3v) is 6.53. The van der Waals surface area contributed by atoms with Gasteiger partial charge in [-0.1, -0.05) is 43.4 Å². The summed E-state index contributed by atoms with van der Waals surface area (Å²) in [5, 5.41) is 0. The van der Waals surface area contributed by atoms with Crippen LogP contribution in [0.5, 0.6) is 0 Å². The lowest BCUT2D eigenvalue weighted by atomic mass is 10.3. The zero-order valence-electron chi connectivity index (χ0n) is 17.0. The van der Waals surface area contributed by atoms with E-state index in [0.717, 1.165) is 58.3 Å². The van der Waals surface area contributed by atoms with Crippen LogP contribution in [0.25, 0.3) is 0 Å². The summed E-state index contributed by atoms with van der Waals surface area (Å²) in [4.78, 5) is 0. The minimum Gasteiger partial charge on any atom is -0.353 e. The first-order valence-corrected chi connectivity index (χ1v) is 13.0. The van der Waals surface area contributed by atoms with Crippen molar-refractivity contribution in [3.63, 3.8) is 0 Å². The molecule has 0 amide bonds. The molecule has 4 nitrogen and oxygen atoms in total. The van der Waals surface area contributed by atoms with E-state index in [1.54, 1.807) is 0 Å². The van der Waals surface area contributed by atoms with E-state index in [4.69, 9.17) is 18.9 Å². The second-order valence-electron chi connectivity index (χ2n) is 5.82. The molecule has 0 saturated heterocycles. The summed E-state index contributed by atoms with van der Waals surface area (Å²) in [5.41, 5.74) is 0. The average molecular weight is 389 g/mol. The zero-order chi connectivity index (χ0) is 18.6. The van der Waals surface area contributed by atoms with Gasteiger partial charge < -0.3 is 18.9 Å². The number of hydrogen-bond donors (Lipinski definition) is 0. The first kappa shape index (κ1) is 25.3. The normalized spacial score (nSPS) is 11.8. The summed E-state index contributed by atoms with van der Waals surface area (Å²) < 4.78 is 22.3. The van der Waals surface area contributed by atoms with Crippen LogP contribution in [-0.4, -0.2) is 58.0 Å². The predicted molar refractivity (Wildman–Crippen MR) is 108 cm³/mol. The molecule has 0 atom stereocenters. The van der Waals surface area contributed by atoms with Gasteiger partial charge in [-0.2, -0.15) is 0 Å². The summed E-state index contributed by atoms with van der Waals surface area (Å²) in [6, 6.07) is 5.43. The Morgan fingerprint density at radius 3 is 1.16 bits per heavy atom. The maximum atomic E-state index is 5.58. The molecule has 0 aliphatic heterocycles. The van der Waals surface area contributed by atoms with Crippen molar-refractivity contribution in [3.05, 3.63) is 0 Å². The molecular formula is C19H40O4Si2. The van der Waals surface area contributed by atoms with Crippen LogP contribution < -0.4 is 0 Å². The third-order valence-electron chi connectivity index (χ3n) is 3.70. The van der Waals surface area contributed by atoms with E-state index in [9.17, 15) is 0 Å². The number of hydrogen-bond acceptors (Lipinski definition) is 4. The van der Waals surface area contributed by atoms with Crippen molar-refractivity contribution in [2.45, 2.75) is 96.6 Å². The number of rotatable bonds is 20. The van der Waals surface area contributed by atoms with Crippen LogP contribution in [-0.2, 0) is 18.9 Å². The highest BCUT2D eigenvalue weighted by atomic mass is 28.2. The van der Waals surface area contributed by atoms with Gasteiger partial charge in [-0.05, 0) is 40.5 Å². The Morgan fingerprint density at radius 2 is 0.840 bits per heavy atom. The molecule has 0 aliphatic carbocycles. The molecule has 0 aliphatic rings. The molecule has 0 saturated carbocycles. The molecule has 0 bridgehead atoms. The molecule has 0 aromatic rings. The van der Waals surface area contributed by atoms with Gasteiger partial charge in [0.25, 0.3) is 0 Å². The smallest absolute Gasteiger partial charge is 0.157 e. The molecule has 0 N–H and O–H groups in total. The van der Waals surface area contributed by atoms with Gasteiger partial charge in [-0.15, -0.1) is 0 Å². The molecule has 0 rings (SSSR count). The molecule has 0 unspecified atom stereocenters. The Balaban J connectivity index is 3.35. The molecule has 0 heterocycles. The van der Waals surface area contributed by atoms with E-state index in [0.29, 0.717) is 0 Å². The fraction of sp³-hybridized carbons (Fsp3) is 1.00. The van der Waals surface area contributed by atoms with Crippen molar-refractivity contribution in [2.24, 2.45) is 0 Å². The predicted octanol–water partition coefficient (Wildman–Crippen LogP) is 4.82. The fourth-order valence-corrected chi connectivity index (χ4v) is 5.16. The van der Waals surface area contributed by atoms with E-state index in [1.165, 1.54) is 43.4 Å². The first-order valence-electron chi connectivity index (χ1n) is 10.2. The van der Waals surface area contributed by atoms with Crippen molar-refractivity contribution < 1.29 is 18.9 Å². The van der Waals surface area contributed by atoms with Crippen molar-refractivity contribution in [1.29, 1.82) is 0 Å². The highest BCUT2D eigenvalue weighted by molar-refractivity contribution is 6.37. The van der Waals surface area contributed by atoms with Crippen LogP contribution in [0, 0.1) is 0 Å². The second-order valence-corrected chi connectivity index (χ2v) is 8.82. The average Bonchev–Trinajstić information content (AvgIpc) is 2.60. The van der Waals surface area contributed by atoms with Gasteiger partial charge in [-0.25, -0.2) is 0 Å². The Hall–Kier alpha value is 0.274. The summed E-state index contributed by atoms with van der Waals surface area (Å²) in [7, 11) is 2.19. The minimum absolute atomic E-state index is 0.0125. The summed E-state index contributed by atoms with van der Waals surface area (Å²) >= 11 is 0. The first-order chi connectivity index (χ1) is 12.3. The molecular weight excluding hydrogens is 348 g/mol. The van der Waals surface area contributed by atoms with Gasteiger partial charge in [0.2, 0.25) is 0 Å². The van der Waals surface area contributed by atoms with Crippen LogP contribution in [0.4, 0.5) is 0 Å². The molecule has 25 heavy (non-hydrogen) atoms.